The van der Waals surface area contributed by atoms with E-state index in [1.807, 2.05) is 110 Å². The number of benzene rings is 6. The van der Waals surface area contributed by atoms with Crippen LogP contribution in [0.25, 0.3) is 67.8 Å². The molecule has 4 aromatic heterocycles. The Hall–Kier alpha value is -7.87. The van der Waals surface area contributed by atoms with Crippen LogP contribution in [0.3, 0.4) is 0 Å². The third-order valence-corrected chi connectivity index (χ3v) is 12.6. The molecule has 0 amide bonds. The lowest BCUT2D eigenvalue weighted by Crippen LogP contribution is -2.34. The summed E-state index contributed by atoms with van der Waals surface area (Å²) in [5, 5.41) is 0. The average Bonchev–Trinajstić information content (AvgIpc) is 3.36. The minimum Gasteiger partial charge on any atom is -0.265 e. The summed E-state index contributed by atoms with van der Waals surface area (Å²) < 4.78 is 0. The van der Waals surface area contributed by atoms with Crippen LogP contribution >= 0.6 is 11.8 Å². The molecule has 0 saturated carbocycles. The lowest BCUT2D eigenvalue weighted by atomic mass is 9.64. The van der Waals surface area contributed by atoms with Gasteiger partial charge in [-0.3, -0.25) is 9.97 Å². The third kappa shape index (κ3) is 6.75. The molecule has 62 heavy (non-hydrogen) atoms. The standard InChI is InChI=1S/C55H36N6S/c1-5-13-39(14-6-1)52-59-53(40-15-7-2-8-16-40)61-54(60-52)42-22-24-47-51(36-42)62-50-35-41(21-23-46(50)55(47,44-17-9-3-10-18-44)45-19-11-4-12-20-45)43-33-48(37-25-29-56-30-26-37)58-49(34-43)38-27-31-57-32-28-38/h1-36H. The van der Waals surface area contributed by atoms with Crippen molar-refractivity contribution < 1.29 is 0 Å². The molecule has 1 aliphatic rings. The van der Waals surface area contributed by atoms with Gasteiger partial charge in [-0.05, 0) is 81.9 Å². The number of rotatable bonds is 8. The summed E-state index contributed by atoms with van der Waals surface area (Å²) in [6.45, 7) is 0. The van der Waals surface area contributed by atoms with Crippen molar-refractivity contribution in [1.82, 2.24) is 29.9 Å². The predicted octanol–water partition coefficient (Wildman–Crippen LogP) is 12.9. The largest absolute Gasteiger partial charge is 0.265 e. The Morgan fingerprint density at radius 3 is 1.18 bits per heavy atom. The highest BCUT2D eigenvalue weighted by Crippen LogP contribution is 2.57. The lowest BCUT2D eigenvalue weighted by Gasteiger charge is -2.42. The lowest BCUT2D eigenvalue weighted by molar-refractivity contribution is 0.703. The van der Waals surface area contributed by atoms with Gasteiger partial charge in [-0.1, -0.05) is 157 Å². The van der Waals surface area contributed by atoms with E-state index in [1.54, 1.807) is 11.8 Å². The van der Waals surface area contributed by atoms with Crippen molar-refractivity contribution in [3.05, 3.63) is 241 Å². The monoisotopic (exact) mass is 812 g/mol. The van der Waals surface area contributed by atoms with Crippen molar-refractivity contribution in [2.45, 2.75) is 15.2 Å². The number of hydrogen-bond donors (Lipinski definition) is 0. The van der Waals surface area contributed by atoms with E-state index in [1.165, 1.54) is 22.3 Å². The predicted molar refractivity (Wildman–Crippen MR) is 248 cm³/mol. The maximum Gasteiger partial charge on any atom is 0.164 e. The van der Waals surface area contributed by atoms with E-state index in [9.17, 15) is 0 Å². The van der Waals surface area contributed by atoms with E-state index in [4.69, 9.17) is 19.9 Å². The average molecular weight is 813 g/mol. The Labute approximate surface area is 364 Å². The zero-order valence-corrected chi connectivity index (χ0v) is 34.2. The molecule has 7 heteroatoms. The van der Waals surface area contributed by atoms with Crippen LogP contribution < -0.4 is 0 Å². The van der Waals surface area contributed by atoms with Gasteiger partial charge in [0.2, 0.25) is 0 Å². The fraction of sp³-hybridized carbons (Fsp3) is 0.0182. The third-order valence-electron chi connectivity index (χ3n) is 11.5. The van der Waals surface area contributed by atoms with Gasteiger partial charge < -0.3 is 0 Å². The first-order chi connectivity index (χ1) is 30.7. The maximum atomic E-state index is 5.13. The van der Waals surface area contributed by atoms with Gasteiger partial charge >= 0.3 is 0 Å². The van der Waals surface area contributed by atoms with Crippen LogP contribution in [0.5, 0.6) is 0 Å². The molecular formula is C55H36N6S. The summed E-state index contributed by atoms with van der Waals surface area (Å²) in [7, 11) is 0. The van der Waals surface area contributed by atoms with E-state index >= 15 is 0 Å². The summed E-state index contributed by atoms with van der Waals surface area (Å²) in [5.41, 5.74) is 12.9. The molecule has 0 saturated heterocycles. The van der Waals surface area contributed by atoms with Gasteiger partial charge in [0.15, 0.2) is 17.5 Å². The Kier molecular flexibility index (Phi) is 9.56. The first kappa shape index (κ1) is 37.2. The van der Waals surface area contributed by atoms with E-state index in [0.717, 1.165) is 60.1 Å². The van der Waals surface area contributed by atoms with E-state index < -0.39 is 5.41 Å². The van der Waals surface area contributed by atoms with Gasteiger partial charge in [-0.25, -0.2) is 19.9 Å². The smallest absolute Gasteiger partial charge is 0.164 e. The molecule has 10 aromatic rings. The number of pyridine rings is 3. The van der Waals surface area contributed by atoms with Gasteiger partial charge in [0, 0.05) is 62.4 Å². The van der Waals surface area contributed by atoms with Crippen LogP contribution in [-0.4, -0.2) is 29.9 Å². The molecule has 0 aliphatic carbocycles. The van der Waals surface area contributed by atoms with E-state index in [0.29, 0.717) is 17.5 Å². The Morgan fingerprint density at radius 2 is 0.710 bits per heavy atom. The van der Waals surface area contributed by atoms with Crippen LogP contribution in [-0.2, 0) is 5.41 Å². The maximum absolute atomic E-state index is 5.13. The number of hydrogen-bond acceptors (Lipinski definition) is 7. The highest BCUT2D eigenvalue weighted by molar-refractivity contribution is 7.99. The first-order valence-electron chi connectivity index (χ1n) is 20.5. The van der Waals surface area contributed by atoms with E-state index in [2.05, 4.69) is 119 Å². The zero-order valence-electron chi connectivity index (χ0n) is 33.4. The molecule has 0 atom stereocenters. The van der Waals surface area contributed by atoms with Crippen LogP contribution in [0.4, 0.5) is 0 Å². The van der Waals surface area contributed by atoms with Crippen molar-refractivity contribution >= 4 is 11.8 Å². The number of aromatic nitrogens is 6. The van der Waals surface area contributed by atoms with Crippen LogP contribution in [0.15, 0.2) is 229 Å². The van der Waals surface area contributed by atoms with Gasteiger partial charge in [0.05, 0.1) is 16.8 Å². The van der Waals surface area contributed by atoms with Gasteiger partial charge in [-0.2, -0.15) is 0 Å². The minimum atomic E-state index is -0.623. The molecule has 0 spiro atoms. The highest BCUT2D eigenvalue weighted by Gasteiger charge is 2.44. The van der Waals surface area contributed by atoms with Crippen molar-refractivity contribution in [1.29, 1.82) is 0 Å². The van der Waals surface area contributed by atoms with Crippen molar-refractivity contribution in [2.75, 3.05) is 0 Å². The molecule has 5 heterocycles. The fourth-order valence-corrected chi connectivity index (χ4v) is 9.83. The molecule has 0 unspecified atom stereocenters. The molecular weight excluding hydrogens is 777 g/mol. The molecule has 0 radical (unpaired) electrons. The number of nitrogens with zero attached hydrogens (tertiary/aromatic N) is 6. The SMILES string of the molecule is c1ccc(-c2nc(-c3ccccc3)nc(-c3ccc4c(c3)Sc3cc(-c5cc(-c6ccncc6)nc(-c6ccncc6)c5)ccc3C4(c3ccccc3)c3ccccc3)n2)cc1. The second-order valence-electron chi connectivity index (χ2n) is 15.1. The Balaban J connectivity index is 1.13. The summed E-state index contributed by atoms with van der Waals surface area (Å²) in [6, 6.07) is 68.1. The molecule has 11 rings (SSSR count). The van der Waals surface area contributed by atoms with Crippen LogP contribution in [0, 0.1) is 0 Å². The van der Waals surface area contributed by atoms with Crippen molar-refractivity contribution in [3.8, 4) is 67.8 Å². The first-order valence-corrected chi connectivity index (χ1v) is 21.3. The molecule has 0 fully saturated rings. The van der Waals surface area contributed by atoms with Crippen LogP contribution in [0.1, 0.15) is 22.3 Å². The topological polar surface area (TPSA) is 77.3 Å². The molecule has 6 nitrogen and oxygen atoms in total. The van der Waals surface area contributed by atoms with E-state index in [-0.39, 0.29) is 0 Å². The molecule has 1 aliphatic heterocycles. The normalized spacial score (nSPS) is 12.6. The number of fused-ring (bicyclic) bond motifs is 2. The summed E-state index contributed by atoms with van der Waals surface area (Å²) in [4.78, 5) is 31.2. The second kappa shape index (κ2) is 16.0. The minimum absolute atomic E-state index is 0.620. The van der Waals surface area contributed by atoms with Crippen LogP contribution in [0.2, 0.25) is 0 Å². The zero-order chi connectivity index (χ0) is 41.3. The molecule has 292 valence electrons. The summed E-state index contributed by atoms with van der Waals surface area (Å²) >= 11 is 1.79. The molecule has 0 N–H and O–H groups in total. The second-order valence-corrected chi connectivity index (χ2v) is 16.2. The molecule has 0 bridgehead atoms. The summed E-state index contributed by atoms with van der Waals surface area (Å²) in [5.74, 6) is 1.88. The quantitative estimate of drug-likeness (QED) is 0.151. The summed E-state index contributed by atoms with van der Waals surface area (Å²) in [6.07, 6.45) is 7.24. The van der Waals surface area contributed by atoms with Crippen molar-refractivity contribution in [2.24, 2.45) is 0 Å². The Morgan fingerprint density at radius 1 is 0.306 bits per heavy atom. The fourth-order valence-electron chi connectivity index (χ4n) is 8.56. The highest BCUT2D eigenvalue weighted by atomic mass is 32.2. The van der Waals surface area contributed by atoms with Crippen molar-refractivity contribution in [3.63, 3.8) is 0 Å². The van der Waals surface area contributed by atoms with Gasteiger partial charge in [-0.15, -0.1) is 0 Å². The van der Waals surface area contributed by atoms with Gasteiger partial charge in [0.1, 0.15) is 0 Å². The Bertz CT molecular complexity index is 2850. The molecule has 6 aromatic carbocycles. The van der Waals surface area contributed by atoms with Gasteiger partial charge in [0.25, 0.3) is 0 Å².